The van der Waals surface area contributed by atoms with Crippen LogP contribution in [-0.4, -0.2) is 17.4 Å². The average Bonchev–Trinajstić information content (AvgIpc) is 3.05. The summed E-state index contributed by atoms with van der Waals surface area (Å²) in [4.78, 5) is 16.5. The minimum atomic E-state index is -0.359. The number of hydrogen-bond acceptors (Lipinski definition) is 4. The molecule has 29 heavy (non-hydrogen) atoms. The first-order valence-electron chi connectivity index (χ1n) is 9.43. The van der Waals surface area contributed by atoms with Gasteiger partial charge in [0.15, 0.2) is 0 Å². The van der Waals surface area contributed by atoms with E-state index in [4.69, 9.17) is 0 Å². The molecule has 4 rings (SSSR count). The number of amides is 1. The lowest BCUT2D eigenvalue weighted by Gasteiger charge is -2.10. The minimum Gasteiger partial charge on any atom is -0.382 e. The van der Waals surface area contributed by atoms with Gasteiger partial charge in [-0.3, -0.25) is 9.78 Å². The first-order valence-corrected chi connectivity index (χ1v) is 9.43. The van der Waals surface area contributed by atoms with Gasteiger partial charge in [-0.05, 0) is 48.9 Å². The van der Waals surface area contributed by atoms with Gasteiger partial charge in [0.2, 0.25) is 0 Å². The van der Waals surface area contributed by atoms with E-state index in [-0.39, 0.29) is 11.7 Å². The van der Waals surface area contributed by atoms with Crippen LogP contribution >= 0.6 is 0 Å². The zero-order chi connectivity index (χ0) is 20.2. The Bertz CT molecular complexity index is 1080. The second-order valence-electron chi connectivity index (χ2n) is 6.85. The van der Waals surface area contributed by atoms with E-state index in [9.17, 15) is 9.18 Å². The topological polar surface area (TPSA) is 66.0 Å². The van der Waals surface area contributed by atoms with Crippen molar-refractivity contribution in [2.75, 3.05) is 22.5 Å². The van der Waals surface area contributed by atoms with Crippen molar-refractivity contribution in [2.24, 2.45) is 0 Å². The van der Waals surface area contributed by atoms with Gasteiger partial charge in [-0.15, -0.1) is 0 Å². The molecule has 0 radical (unpaired) electrons. The maximum Gasteiger partial charge on any atom is 0.257 e. The quantitative estimate of drug-likeness (QED) is 0.541. The molecule has 5 nitrogen and oxygen atoms in total. The van der Waals surface area contributed by atoms with E-state index in [1.165, 1.54) is 6.07 Å². The number of aromatic nitrogens is 1. The van der Waals surface area contributed by atoms with Crippen LogP contribution in [0, 0.1) is 12.7 Å². The Morgan fingerprint density at radius 1 is 1.14 bits per heavy atom. The van der Waals surface area contributed by atoms with E-state index in [0.717, 1.165) is 22.5 Å². The van der Waals surface area contributed by atoms with Crippen molar-refractivity contribution in [3.05, 3.63) is 89.6 Å². The lowest BCUT2D eigenvalue weighted by molar-refractivity contribution is -0.110. The monoisotopic (exact) mass is 388 g/mol. The Hall–Kier alpha value is -3.67. The second-order valence-corrected chi connectivity index (χ2v) is 6.85. The van der Waals surface area contributed by atoms with Crippen molar-refractivity contribution >= 4 is 28.5 Å². The molecule has 3 N–H and O–H groups in total. The molecule has 0 bridgehead atoms. The van der Waals surface area contributed by atoms with Gasteiger partial charge >= 0.3 is 0 Å². The highest BCUT2D eigenvalue weighted by molar-refractivity contribution is 6.32. The number of fused-ring (bicyclic) bond motifs is 1. The van der Waals surface area contributed by atoms with Crippen LogP contribution in [0.1, 0.15) is 16.8 Å². The first kappa shape index (κ1) is 18.7. The van der Waals surface area contributed by atoms with Crippen LogP contribution in [0.5, 0.6) is 0 Å². The van der Waals surface area contributed by atoms with E-state index in [1.807, 2.05) is 43.3 Å². The molecule has 3 aromatic rings. The van der Waals surface area contributed by atoms with Crippen LogP contribution in [0.4, 0.5) is 21.5 Å². The SMILES string of the molecule is Cc1cccc2c1/C(=C\Nc1ccc(NCCc3ccccn3)c(F)c1)C(=O)N2. The van der Waals surface area contributed by atoms with Crippen molar-refractivity contribution < 1.29 is 9.18 Å². The van der Waals surface area contributed by atoms with Crippen molar-refractivity contribution in [1.29, 1.82) is 0 Å². The highest BCUT2D eigenvalue weighted by Gasteiger charge is 2.25. The Morgan fingerprint density at radius 2 is 2.03 bits per heavy atom. The summed E-state index contributed by atoms with van der Waals surface area (Å²) in [7, 11) is 0. The van der Waals surface area contributed by atoms with Crippen molar-refractivity contribution in [2.45, 2.75) is 13.3 Å². The predicted octanol–water partition coefficient (Wildman–Crippen LogP) is 4.59. The third kappa shape index (κ3) is 4.11. The van der Waals surface area contributed by atoms with Crippen molar-refractivity contribution in [1.82, 2.24) is 4.98 Å². The summed E-state index contributed by atoms with van der Waals surface area (Å²) >= 11 is 0. The maximum absolute atomic E-state index is 14.4. The fourth-order valence-corrected chi connectivity index (χ4v) is 3.35. The molecule has 2 heterocycles. The number of nitrogens with one attached hydrogen (secondary N) is 3. The number of pyridine rings is 1. The van der Waals surface area contributed by atoms with Gasteiger partial charge in [-0.1, -0.05) is 18.2 Å². The number of carbonyl (C=O) groups is 1. The summed E-state index contributed by atoms with van der Waals surface area (Å²) in [6.45, 7) is 2.54. The summed E-state index contributed by atoms with van der Waals surface area (Å²) in [5.41, 5.74) is 5.17. The van der Waals surface area contributed by atoms with Crippen LogP contribution in [0.2, 0.25) is 0 Å². The maximum atomic E-state index is 14.4. The largest absolute Gasteiger partial charge is 0.382 e. The Kier molecular flexibility index (Phi) is 5.24. The summed E-state index contributed by atoms with van der Waals surface area (Å²) in [6, 6.07) is 16.3. The van der Waals surface area contributed by atoms with Crippen LogP contribution in [-0.2, 0) is 11.2 Å². The van der Waals surface area contributed by atoms with Crippen LogP contribution in [0.25, 0.3) is 5.57 Å². The highest BCUT2D eigenvalue weighted by Crippen LogP contribution is 2.34. The lowest BCUT2D eigenvalue weighted by Crippen LogP contribution is -2.07. The van der Waals surface area contributed by atoms with Gasteiger partial charge in [0.05, 0.1) is 11.3 Å². The van der Waals surface area contributed by atoms with E-state index in [0.29, 0.717) is 29.9 Å². The summed E-state index contributed by atoms with van der Waals surface area (Å²) in [6.07, 6.45) is 4.08. The average molecular weight is 388 g/mol. The van der Waals surface area contributed by atoms with Gasteiger partial charge in [-0.2, -0.15) is 0 Å². The fraction of sp³-hybridized carbons (Fsp3) is 0.130. The van der Waals surface area contributed by atoms with E-state index in [2.05, 4.69) is 20.9 Å². The number of carbonyl (C=O) groups excluding carboxylic acids is 1. The number of aryl methyl sites for hydroxylation is 1. The molecule has 1 aliphatic rings. The summed E-state index contributed by atoms with van der Waals surface area (Å²) in [5, 5.41) is 8.97. The zero-order valence-electron chi connectivity index (χ0n) is 16.0. The van der Waals surface area contributed by atoms with Gasteiger partial charge in [0, 0.05) is 48.0 Å². The Morgan fingerprint density at radius 3 is 2.83 bits per heavy atom. The van der Waals surface area contributed by atoms with E-state index < -0.39 is 0 Å². The minimum absolute atomic E-state index is 0.171. The van der Waals surface area contributed by atoms with E-state index >= 15 is 0 Å². The predicted molar refractivity (Wildman–Crippen MR) is 114 cm³/mol. The van der Waals surface area contributed by atoms with Crippen LogP contribution in [0.15, 0.2) is 67.0 Å². The number of rotatable bonds is 6. The van der Waals surface area contributed by atoms with Crippen molar-refractivity contribution in [3.63, 3.8) is 0 Å². The molecular weight excluding hydrogens is 367 g/mol. The molecule has 1 amide bonds. The molecule has 0 atom stereocenters. The molecule has 0 saturated carbocycles. The van der Waals surface area contributed by atoms with Crippen molar-refractivity contribution in [3.8, 4) is 0 Å². The normalized spacial score (nSPS) is 13.9. The standard InChI is InChI=1S/C23H21FN4O/c1-15-5-4-7-21-22(15)18(23(29)28-21)14-27-17-8-9-20(19(24)13-17)26-12-10-16-6-2-3-11-25-16/h2-9,11,13-14,26-27H,10,12H2,1H3,(H,28,29)/b18-14+. The molecule has 0 spiro atoms. The number of anilines is 3. The van der Waals surface area contributed by atoms with E-state index in [1.54, 1.807) is 24.5 Å². The number of benzene rings is 2. The Labute approximate surface area is 168 Å². The number of nitrogens with zero attached hydrogens (tertiary/aromatic N) is 1. The molecule has 0 aliphatic carbocycles. The number of halogens is 1. The second kappa shape index (κ2) is 8.14. The Balaban J connectivity index is 1.43. The molecule has 146 valence electrons. The molecule has 0 saturated heterocycles. The number of hydrogen-bond donors (Lipinski definition) is 3. The molecule has 6 heteroatoms. The smallest absolute Gasteiger partial charge is 0.257 e. The lowest BCUT2D eigenvalue weighted by atomic mass is 10.0. The van der Waals surface area contributed by atoms with Crippen LogP contribution < -0.4 is 16.0 Å². The third-order valence-electron chi connectivity index (χ3n) is 4.81. The molecule has 1 aromatic heterocycles. The fourth-order valence-electron chi connectivity index (χ4n) is 3.35. The molecule has 2 aromatic carbocycles. The molecule has 0 unspecified atom stereocenters. The molecule has 0 fully saturated rings. The van der Waals surface area contributed by atoms with Gasteiger partial charge in [0.25, 0.3) is 5.91 Å². The van der Waals surface area contributed by atoms with Gasteiger partial charge in [0.1, 0.15) is 5.82 Å². The zero-order valence-corrected chi connectivity index (χ0v) is 16.0. The highest BCUT2D eigenvalue weighted by atomic mass is 19.1. The summed E-state index contributed by atoms with van der Waals surface area (Å²) < 4.78 is 14.4. The summed E-state index contributed by atoms with van der Waals surface area (Å²) in [5.74, 6) is -0.531. The van der Waals surface area contributed by atoms with Gasteiger partial charge < -0.3 is 16.0 Å². The molecule has 1 aliphatic heterocycles. The van der Waals surface area contributed by atoms with Crippen LogP contribution in [0.3, 0.4) is 0 Å². The third-order valence-corrected chi connectivity index (χ3v) is 4.81. The molecular formula is C23H21FN4O. The van der Waals surface area contributed by atoms with Gasteiger partial charge in [-0.25, -0.2) is 4.39 Å². The first-order chi connectivity index (χ1) is 14.1.